The fraction of sp³-hybridized carbons (Fsp3) is 0.136. The van der Waals surface area contributed by atoms with Crippen LogP contribution in [0.2, 0.25) is 5.02 Å². The van der Waals surface area contributed by atoms with Crippen LogP contribution >= 0.6 is 22.9 Å². The van der Waals surface area contributed by atoms with Gasteiger partial charge in [-0.15, -0.1) is 11.3 Å². The van der Waals surface area contributed by atoms with Crippen LogP contribution in [0.5, 0.6) is 0 Å². The molecule has 0 spiro atoms. The molecule has 0 saturated carbocycles. The van der Waals surface area contributed by atoms with Crippen molar-refractivity contribution in [3.8, 4) is 0 Å². The van der Waals surface area contributed by atoms with Crippen molar-refractivity contribution >= 4 is 39.1 Å². The quantitative estimate of drug-likeness (QED) is 0.501. The first-order valence-corrected chi connectivity index (χ1v) is 10.3. The van der Waals surface area contributed by atoms with Crippen LogP contribution in [0.25, 0.3) is 10.2 Å². The average Bonchev–Trinajstić information content (AvgIpc) is 3.02. The zero-order valence-electron chi connectivity index (χ0n) is 16.0. The van der Waals surface area contributed by atoms with E-state index in [0.29, 0.717) is 43.5 Å². The lowest BCUT2D eigenvalue weighted by atomic mass is 10.1. The van der Waals surface area contributed by atoms with Gasteiger partial charge < -0.3 is 5.73 Å². The van der Waals surface area contributed by atoms with Crippen LogP contribution in [-0.4, -0.2) is 15.5 Å². The van der Waals surface area contributed by atoms with E-state index in [1.807, 2.05) is 12.1 Å². The Bertz CT molecular complexity index is 1350. The Morgan fingerprint density at radius 1 is 1.20 bits per heavy atom. The molecule has 0 aliphatic carbocycles. The van der Waals surface area contributed by atoms with Crippen molar-refractivity contribution in [2.24, 2.45) is 5.73 Å². The molecule has 0 unspecified atom stereocenters. The molecule has 2 aromatic heterocycles. The summed E-state index contributed by atoms with van der Waals surface area (Å²) >= 11 is 7.21. The summed E-state index contributed by atoms with van der Waals surface area (Å²) in [6, 6.07) is 13.4. The van der Waals surface area contributed by atoms with E-state index in [1.165, 1.54) is 16.7 Å². The van der Waals surface area contributed by atoms with Crippen LogP contribution in [0.15, 0.2) is 53.3 Å². The predicted octanol–water partition coefficient (Wildman–Crippen LogP) is 4.30. The van der Waals surface area contributed by atoms with Crippen LogP contribution in [-0.2, 0) is 13.0 Å². The first-order valence-electron chi connectivity index (χ1n) is 9.15. The van der Waals surface area contributed by atoms with Gasteiger partial charge in [0.25, 0.3) is 11.5 Å². The Balaban J connectivity index is 1.92. The number of hydrogen-bond acceptors (Lipinski definition) is 4. The molecule has 4 aromatic rings. The molecule has 8 heteroatoms. The van der Waals surface area contributed by atoms with Gasteiger partial charge in [0.2, 0.25) is 0 Å². The van der Waals surface area contributed by atoms with Gasteiger partial charge in [-0.3, -0.25) is 14.2 Å². The van der Waals surface area contributed by atoms with Crippen molar-refractivity contribution in [3.63, 3.8) is 0 Å². The summed E-state index contributed by atoms with van der Waals surface area (Å²) in [5.41, 5.74) is 7.20. The maximum absolute atomic E-state index is 13.7. The molecule has 0 bridgehead atoms. The van der Waals surface area contributed by atoms with Crippen molar-refractivity contribution < 1.29 is 9.18 Å². The number of carbonyl (C=O) groups excluding carboxylic acids is 1. The number of halogens is 2. The molecule has 4 rings (SSSR count). The third-order valence-corrected chi connectivity index (χ3v) is 6.27. The molecule has 5 nitrogen and oxygen atoms in total. The fourth-order valence-corrected chi connectivity index (χ4v) is 4.69. The molecular formula is C22H17ClFN3O2S. The van der Waals surface area contributed by atoms with Crippen LogP contribution < -0.4 is 11.3 Å². The topological polar surface area (TPSA) is 78.0 Å². The second-order valence-corrected chi connectivity index (χ2v) is 8.39. The molecule has 2 heterocycles. The maximum Gasteiger partial charge on any atom is 0.262 e. The number of amides is 1. The number of hydrogen-bond donors (Lipinski definition) is 1. The molecule has 0 radical (unpaired) electrons. The summed E-state index contributed by atoms with van der Waals surface area (Å²) in [7, 11) is 0. The van der Waals surface area contributed by atoms with Gasteiger partial charge in [-0.2, -0.15) is 0 Å². The lowest BCUT2D eigenvalue weighted by Gasteiger charge is -2.13. The Morgan fingerprint density at radius 3 is 2.63 bits per heavy atom. The largest absolute Gasteiger partial charge is 0.365 e. The number of fused-ring (bicyclic) bond motifs is 1. The van der Waals surface area contributed by atoms with E-state index in [2.05, 4.69) is 4.98 Å². The van der Waals surface area contributed by atoms with Crippen molar-refractivity contribution in [1.29, 1.82) is 0 Å². The number of benzene rings is 2. The normalized spacial score (nSPS) is 11.2. The summed E-state index contributed by atoms with van der Waals surface area (Å²) in [6.45, 7) is 1.84. The first-order chi connectivity index (χ1) is 14.3. The molecule has 30 heavy (non-hydrogen) atoms. The Hall–Kier alpha value is -3.03. The summed E-state index contributed by atoms with van der Waals surface area (Å²) < 4.78 is 15.2. The summed E-state index contributed by atoms with van der Waals surface area (Å²) in [6.07, 6.45) is 0.351. The molecule has 0 aliphatic heterocycles. The molecule has 1 amide bonds. The summed E-state index contributed by atoms with van der Waals surface area (Å²) in [5, 5.41) is 0.940. The molecular weight excluding hydrogens is 425 g/mol. The second kappa shape index (κ2) is 8.01. The van der Waals surface area contributed by atoms with E-state index < -0.39 is 5.91 Å². The monoisotopic (exact) mass is 441 g/mol. The number of nitrogens with zero attached hydrogens (tertiary/aromatic N) is 2. The SMILES string of the molecule is Cc1c(C(N)=O)sc2nc(Cc3cccc(Cl)c3)n(Cc3cccc(F)c3)c(=O)c12. The van der Waals surface area contributed by atoms with E-state index in [9.17, 15) is 14.0 Å². The molecule has 2 aromatic carbocycles. The number of nitrogens with two attached hydrogens (primary N) is 1. The molecule has 0 atom stereocenters. The lowest BCUT2D eigenvalue weighted by Crippen LogP contribution is -2.26. The van der Waals surface area contributed by atoms with Gasteiger partial charge >= 0.3 is 0 Å². The van der Waals surface area contributed by atoms with E-state index in [-0.39, 0.29) is 17.9 Å². The third-order valence-electron chi connectivity index (χ3n) is 4.83. The average molecular weight is 442 g/mol. The molecule has 0 fully saturated rings. The van der Waals surface area contributed by atoms with Gasteiger partial charge in [-0.1, -0.05) is 35.9 Å². The van der Waals surface area contributed by atoms with E-state index in [1.54, 1.807) is 31.2 Å². The molecule has 0 aliphatic rings. The predicted molar refractivity (Wildman–Crippen MR) is 117 cm³/mol. The highest BCUT2D eigenvalue weighted by atomic mass is 35.5. The number of aryl methyl sites for hydroxylation is 1. The van der Waals surface area contributed by atoms with Gasteiger partial charge in [0.1, 0.15) is 16.5 Å². The minimum absolute atomic E-state index is 0.149. The number of aromatic nitrogens is 2. The van der Waals surface area contributed by atoms with E-state index in [0.717, 1.165) is 16.9 Å². The number of carbonyl (C=O) groups is 1. The van der Waals surface area contributed by atoms with Gasteiger partial charge in [0, 0.05) is 11.4 Å². The van der Waals surface area contributed by atoms with E-state index >= 15 is 0 Å². The second-order valence-electron chi connectivity index (χ2n) is 6.96. The molecule has 2 N–H and O–H groups in total. The number of thiophene rings is 1. The van der Waals surface area contributed by atoms with Gasteiger partial charge in [0.15, 0.2) is 0 Å². The van der Waals surface area contributed by atoms with Crippen molar-refractivity contribution in [1.82, 2.24) is 9.55 Å². The number of primary amides is 1. The number of rotatable bonds is 5. The highest BCUT2D eigenvalue weighted by Crippen LogP contribution is 2.28. The van der Waals surface area contributed by atoms with Crippen molar-refractivity contribution in [2.75, 3.05) is 0 Å². The van der Waals surface area contributed by atoms with Crippen LogP contribution in [0, 0.1) is 12.7 Å². The highest BCUT2D eigenvalue weighted by Gasteiger charge is 2.20. The minimum atomic E-state index is -0.594. The van der Waals surface area contributed by atoms with E-state index in [4.69, 9.17) is 17.3 Å². The lowest BCUT2D eigenvalue weighted by molar-refractivity contribution is 0.100. The van der Waals surface area contributed by atoms with Crippen molar-refractivity contribution in [3.05, 3.63) is 97.1 Å². The summed E-state index contributed by atoms with van der Waals surface area (Å²) in [4.78, 5) is 30.6. The molecule has 152 valence electrons. The van der Waals surface area contributed by atoms with Crippen LogP contribution in [0.4, 0.5) is 4.39 Å². The highest BCUT2D eigenvalue weighted by molar-refractivity contribution is 7.20. The van der Waals surface area contributed by atoms with Crippen LogP contribution in [0.3, 0.4) is 0 Å². The molecule has 0 saturated heterocycles. The van der Waals surface area contributed by atoms with Gasteiger partial charge in [-0.05, 0) is 47.9 Å². The standard InChI is InChI=1S/C22H17ClFN3O2S/c1-12-18-21(30-19(12)20(25)28)26-17(10-13-4-2-6-15(23)8-13)27(22(18)29)11-14-5-3-7-16(24)9-14/h2-9H,10-11H2,1H3,(H2,25,28). The smallest absolute Gasteiger partial charge is 0.262 e. The van der Waals surface area contributed by atoms with Crippen LogP contribution in [0.1, 0.15) is 32.2 Å². The first kappa shape index (κ1) is 20.3. The van der Waals surface area contributed by atoms with Gasteiger partial charge in [0.05, 0.1) is 16.8 Å². The zero-order chi connectivity index (χ0) is 21.4. The Kier molecular flexibility index (Phi) is 5.40. The zero-order valence-corrected chi connectivity index (χ0v) is 17.6. The van der Waals surface area contributed by atoms with Gasteiger partial charge in [-0.25, -0.2) is 9.37 Å². The Morgan fingerprint density at radius 2 is 1.93 bits per heavy atom. The minimum Gasteiger partial charge on any atom is -0.365 e. The summed E-state index contributed by atoms with van der Waals surface area (Å²) in [5.74, 6) is -0.479. The third kappa shape index (κ3) is 3.86. The maximum atomic E-state index is 13.7. The van der Waals surface area contributed by atoms with Crippen molar-refractivity contribution in [2.45, 2.75) is 19.9 Å². The Labute approximate surface area is 180 Å². The fourth-order valence-electron chi connectivity index (χ4n) is 3.44.